The Labute approximate surface area is 89.6 Å². The van der Waals surface area contributed by atoms with Crippen molar-refractivity contribution in [3.63, 3.8) is 0 Å². The number of likely N-dealkylation sites (N-methyl/N-ethyl adjacent to an activating group) is 1. The van der Waals surface area contributed by atoms with Gasteiger partial charge < -0.3 is 10.4 Å². The van der Waals surface area contributed by atoms with Gasteiger partial charge in [0.2, 0.25) is 0 Å². The molecule has 0 aliphatic rings. The number of halogens is 1. The van der Waals surface area contributed by atoms with Gasteiger partial charge in [-0.15, -0.1) is 12.4 Å². The minimum absolute atomic E-state index is 0. The summed E-state index contributed by atoms with van der Waals surface area (Å²) in [5.74, 6) is 0. The van der Waals surface area contributed by atoms with Gasteiger partial charge in [-0.05, 0) is 19.5 Å². The first-order valence-electron chi connectivity index (χ1n) is 5.41. The third kappa shape index (κ3) is 3.35. The summed E-state index contributed by atoms with van der Waals surface area (Å²) in [4.78, 5) is 0. The van der Waals surface area contributed by atoms with Crippen LogP contribution in [-0.4, -0.2) is 18.1 Å². The molecule has 0 amide bonds. The number of hydrogen-bond acceptors (Lipinski definition) is 2. The summed E-state index contributed by atoms with van der Waals surface area (Å²) in [6.07, 6.45) is -0.813. The standard InChI is InChI=1S/C10H15NO.ClH/c1-8(11-2)10(12)9-6-4-3-5-7-9;/h3-8,10-12H,1-2H3;1H/t8?,10-;/m0./s1/i2D3;. The molecule has 0 heterocycles. The van der Waals surface area contributed by atoms with E-state index in [2.05, 4.69) is 5.32 Å². The molecular formula is C10H16ClNO. The van der Waals surface area contributed by atoms with E-state index in [1.807, 2.05) is 6.07 Å². The minimum Gasteiger partial charge on any atom is -0.387 e. The highest BCUT2D eigenvalue weighted by Crippen LogP contribution is 2.15. The number of nitrogens with one attached hydrogen (secondary N) is 1. The Hall–Kier alpha value is -0.570. The summed E-state index contributed by atoms with van der Waals surface area (Å²) in [5.41, 5.74) is 0.710. The maximum absolute atomic E-state index is 9.84. The summed E-state index contributed by atoms with van der Waals surface area (Å²) in [7, 11) is 0. The van der Waals surface area contributed by atoms with Gasteiger partial charge in [0, 0.05) is 10.2 Å². The molecule has 0 aromatic heterocycles. The van der Waals surface area contributed by atoms with E-state index in [1.54, 1.807) is 31.2 Å². The highest BCUT2D eigenvalue weighted by atomic mass is 35.5. The third-order valence-electron chi connectivity index (χ3n) is 1.84. The summed E-state index contributed by atoms with van der Waals surface area (Å²) in [5, 5.41) is 12.2. The lowest BCUT2D eigenvalue weighted by molar-refractivity contribution is 0.140. The van der Waals surface area contributed by atoms with Crippen LogP contribution in [0, 0.1) is 0 Å². The molecule has 1 unspecified atom stereocenters. The maximum Gasteiger partial charge on any atom is 0.0940 e. The Kier molecular flexibility index (Phi) is 3.58. The summed E-state index contributed by atoms with van der Waals surface area (Å²) in [6.45, 7) is -0.584. The lowest BCUT2D eigenvalue weighted by Gasteiger charge is -2.17. The van der Waals surface area contributed by atoms with Gasteiger partial charge in [0.05, 0.1) is 6.10 Å². The van der Waals surface area contributed by atoms with Crippen LogP contribution in [0.3, 0.4) is 0 Å². The third-order valence-corrected chi connectivity index (χ3v) is 1.84. The molecular weight excluding hydrogens is 186 g/mol. The van der Waals surface area contributed by atoms with E-state index in [4.69, 9.17) is 4.11 Å². The Morgan fingerprint density at radius 1 is 1.38 bits per heavy atom. The molecule has 13 heavy (non-hydrogen) atoms. The Balaban J connectivity index is 0.00000225. The first-order valence-corrected chi connectivity index (χ1v) is 3.91. The van der Waals surface area contributed by atoms with Crippen molar-refractivity contribution in [2.24, 2.45) is 0 Å². The van der Waals surface area contributed by atoms with Gasteiger partial charge in [0.25, 0.3) is 0 Å². The number of benzene rings is 1. The fraction of sp³-hybridized carbons (Fsp3) is 0.400. The first-order chi connectivity index (χ1) is 6.90. The molecule has 0 bridgehead atoms. The van der Waals surface area contributed by atoms with E-state index in [1.165, 1.54) is 0 Å². The van der Waals surface area contributed by atoms with Crippen molar-refractivity contribution in [3.8, 4) is 0 Å². The minimum atomic E-state index is -2.23. The van der Waals surface area contributed by atoms with Gasteiger partial charge in [-0.1, -0.05) is 30.3 Å². The van der Waals surface area contributed by atoms with Crippen LogP contribution in [-0.2, 0) is 0 Å². The molecule has 1 aromatic carbocycles. The van der Waals surface area contributed by atoms with Gasteiger partial charge in [-0.25, -0.2) is 0 Å². The zero-order chi connectivity index (χ0) is 11.5. The zero-order valence-electron chi connectivity index (χ0n) is 10.4. The molecule has 2 nitrogen and oxygen atoms in total. The molecule has 74 valence electrons. The predicted molar refractivity (Wildman–Crippen MR) is 57.2 cm³/mol. The Morgan fingerprint density at radius 3 is 2.54 bits per heavy atom. The van der Waals surface area contributed by atoms with Crippen LogP contribution in [0.1, 0.15) is 22.7 Å². The molecule has 0 aliphatic heterocycles. The van der Waals surface area contributed by atoms with Gasteiger partial charge in [0.15, 0.2) is 0 Å². The zero-order valence-corrected chi connectivity index (χ0v) is 8.21. The highest BCUT2D eigenvalue weighted by molar-refractivity contribution is 5.85. The molecule has 1 aromatic rings. The first kappa shape index (κ1) is 7.80. The largest absolute Gasteiger partial charge is 0.387 e. The second kappa shape index (κ2) is 5.97. The quantitative estimate of drug-likeness (QED) is 0.787. The lowest BCUT2D eigenvalue weighted by Crippen LogP contribution is -2.28. The van der Waals surface area contributed by atoms with Crippen molar-refractivity contribution in [2.75, 3.05) is 6.98 Å². The molecule has 1 rings (SSSR count). The number of aliphatic hydroxyl groups is 1. The number of hydrogen-bond donors (Lipinski definition) is 2. The smallest absolute Gasteiger partial charge is 0.0940 e. The van der Waals surface area contributed by atoms with Gasteiger partial charge in [-0.3, -0.25) is 0 Å². The lowest BCUT2D eigenvalue weighted by atomic mass is 10.0. The fourth-order valence-electron chi connectivity index (χ4n) is 1.02. The van der Waals surface area contributed by atoms with Crippen LogP contribution >= 0.6 is 12.4 Å². The van der Waals surface area contributed by atoms with Crippen LogP contribution in [0.5, 0.6) is 0 Å². The van der Waals surface area contributed by atoms with Crippen molar-refractivity contribution >= 4 is 12.4 Å². The van der Waals surface area contributed by atoms with Gasteiger partial charge in [0.1, 0.15) is 0 Å². The van der Waals surface area contributed by atoms with E-state index < -0.39 is 19.1 Å². The van der Waals surface area contributed by atoms with Crippen LogP contribution < -0.4 is 5.32 Å². The van der Waals surface area contributed by atoms with Crippen molar-refractivity contribution in [2.45, 2.75) is 19.1 Å². The van der Waals surface area contributed by atoms with E-state index in [0.717, 1.165) is 0 Å². The predicted octanol–water partition coefficient (Wildman–Crippen LogP) is 1.75. The average Bonchev–Trinajstić information content (AvgIpc) is 2.15. The van der Waals surface area contributed by atoms with Gasteiger partial charge >= 0.3 is 0 Å². The Bertz CT molecular complexity index is 305. The van der Waals surface area contributed by atoms with E-state index >= 15 is 0 Å². The van der Waals surface area contributed by atoms with Crippen LogP contribution in [0.4, 0.5) is 0 Å². The van der Waals surface area contributed by atoms with Crippen molar-refractivity contribution in [3.05, 3.63) is 35.9 Å². The van der Waals surface area contributed by atoms with E-state index in [9.17, 15) is 5.11 Å². The summed E-state index contributed by atoms with van der Waals surface area (Å²) < 4.78 is 21.1. The fourth-order valence-corrected chi connectivity index (χ4v) is 1.02. The van der Waals surface area contributed by atoms with Gasteiger partial charge in [-0.2, -0.15) is 0 Å². The molecule has 0 spiro atoms. The molecule has 0 aliphatic carbocycles. The molecule has 2 atom stereocenters. The second-order valence-electron chi connectivity index (χ2n) is 2.79. The highest BCUT2D eigenvalue weighted by Gasteiger charge is 2.12. The summed E-state index contributed by atoms with van der Waals surface area (Å²) in [6, 6.07) is 8.48. The summed E-state index contributed by atoms with van der Waals surface area (Å²) >= 11 is 0. The van der Waals surface area contributed by atoms with Crippen molar-refractivity contribution in [1.29, 1.82) is 0 Å². The van der Waals surface area contributed by atoms with Crippen molar-refractivity contribution < 1.29 is 9.22 Å². The molecule has 2 N–H and O–H groups in total. The molecule has 0 radical (unpaired) electrons. The molecule has 0 saturated carbocycles. The topological polar surface area (TPSA) is 32.3 Å². The number of rotatable bonds is 3. The Morgan fingerprint density at radius 2 is 2.00 bits per heavy atom. The molecule has 3 heteroatoms. The second-order valence-corrected chi connectivity index (χ2v) is 2.79. The maximum atomic E-state index is 9.84. The van der Waals surface area contributed by atoms with Crippen LogP contribution in [0.25, 0.3) is 0 Å². The average molecular weight is 205 g/mol. The molecule has 0 saturated heterocycles. The van der Waals surface area contributed by atoms with E-state index in [-0.39, 0.29) is 12.4 Å². The van der Waals surface area contributed by atoms with Crippen LogP contribution in [0.15, 0.2) is 30.3 Å². The van der Waals surface area contributed by atoms with E-state index in [0.29, 0.717) is 5.56 Å². The number of aliphatic hydroxyl groups excluding tert-OH is 1. The normalized spacial score (nSPS) is 18.8. The van der Waals surface area contributed by atoms with Crippen LogP contribution in [0.2, 0.25) is 0 Å². The molecule has 0 fully saturated rings. The van der Waals surface area contributed by atoms with Crippen molar-refractivity contribution in [1.82, 2.24) is 5.32 Å². The monoisotopic (exact) mass is 204 g/mol. The SMILES string of the molecule is Cl.[2H]C([2H])([2H])NC(C)[C@H](O)c1ccccc1.